The van der Waals surface area contributed by atoms with Crippen molar-refractivity contribution in [3.8, 4) is 11.5 Å². The summed E-state index contributed by atoms with van der Waals surface area (Å²) >= 11 is 3.25. The van der Waals surface area contributed by atoms with Crippen molar-refractivity contribution in [2.24, 2.45) is 0 Å². The van der Waals surface area contributed by atoms with Crippen molar-refractivity contribution in [3.63, 3.8) is 0 Å². The Morgan fingerprint density at radius 1 is 1.50 bits per heavy atom. The molecule has 1 atom stereocenters. The zero-order valence-corrected chi connectivity index (χ0v) is 10.9. The molecule has 5 heteroatoms. The number of nitrogens with one attached hydrogen (secondary N) is 1. The summed E-state index contributed by atoms with van der Waals surface area (Å²) in [7, 11) is 1.51. The highest BCUT2D eigenvalue weighted by Gasteiger charge is 2.09. The van der Waals surface area contributed by atoms with E-state index in [2.05, 4.69) is 21.2 Å². The minimum absolute atomic E-state index is 0.0403. The van der Waals surface area contributed by atoms with Gasteiger partial charge in [-0.05, 0) is 40.5 Å². The van der Waals surface area contributed by atoms with E-state index in [4.69, 9.17) is 9.84 Å². The number of methoxy groups -OCH3 is 1. The van der Waals surface area contributed by atoms with E-state index in [1.165, 1.54) is 7.11 Å². The van der Waals surface area contributed by atoms with Crippen molar-refractivity contribution in [1.82, 2.24) is 5.32 Å². The molecule has 0 amide bonds. The molecule has 0 aliphatic heterocycles. The molecule has 0 radical (unpaired) electrons. The summed E-state index contributed by atoms with van der Waals surface area (Å²) < 4.78 is 5.64. The largest absolute Gasteiger partial charge is 0.503 e. The average molecular weight is 290 g/mol. The van der Waals surface area contributed by atoms with Crippen LogP contribution in [-0.2, 0) is 6.54 Å². The van der Waals surface area contributed by atoms with E-state index in [9.17, 15) is 5.11 Å². The van der Waals surface area contributed by atoms with Gasteiger partial charge in [0.05, 0.1) is 18.2 Å². The Hall–Kier alpha value is -0.780. The van der Waals surface area contributed by atoms with Gasteiger partial charge < -0.3 is 20.3 Å². The standard InChI is InChI=1S/C11H16BrNO3/c1-7(6-14)13-5-8-3-9(12)11(15)10(4-8)16-2/h3-4,7,13-15H,5-6H2,1-2H3/t7-/m0/s1. The van der Waals surface area contributed by atoms with Crippen LogP contribution in [0.3, 0.4) is 0 Å². The van der Waals surface area contributed by atoms with Crippen LogP contribution >= 0.6 is 15.9 Å². The first-order valence-electron chi connectivity index (χ1n) is 4.98. The van der Waals surface area contributed by atoms with Gasteiger partial charge in [0.25, 0.3) is 0 Å². The quantitative estimate of drug-likeness (QED) is 0.771. The first-order chi connectivity index (χ1) is 7.58. The molecule has 0 heterocycles. The first kappa shape index (κ1) is 13.3. The smallest absolute Gasteiger partial charge is 0.172 e. The van der Waals surface area contributed by atoms with Crippen LogP contribution in [0.5, 0.6) is 11.5 Å². The van der Waals surface area contributed by atoms with Crippen LogP contribution in [-0.4, -0.2) is 30.0 Å². The molecule has 0 aliphatic rings. The summed E-state index contributed by atoms with van der Waals surface area (Å²) in [4.78, 5) is 0. The van der Waals surface area contributed by atoms with Gasteiger partial charge >= 0.3 is 0 Å². The molecule has 1 aromatic carbocycles. The number of phenolic OH excluding ortho intramolecular Hbond substituents is 1. The summed E-state index contributed by atoms with van der Waals surface area (Å²) in [6, 6.07) is 3.62. The van der Waals surface area contributed by atoms with E-state index in [0.29, 0.717) is 16.8 Å². The fraction of sp³-hybridized carbons (Fsp3) is 0.455. The third-order valence-corrected chi connectivity index (χ3v) is 2.84. The summed E-state index contributed by atoms with van der Waals surface area (Å²) in [5.41, 5.74) is 0.974. The van der Waals surface area contributed by atoms with Gasteiger partial charge in [0.1, 0.15) is 0 Å². The number of aliphatic hydroxyl groups excluding tert-OH is 1. The molecule has 0 spiro atoms. The fourth-order valence-electron chi connectivity index (χ4n) is 1.24. The molecule has 0 fully saturated rings. The van der Waals surface area contributed by atoms with E-state index in [1.54, 1.807) is 6.07 Å². The van der Waals surface area contributed by atoms with Crippen LogP contribution in [0.1, 0.15) is 12.5 Å². The minimum Gasteiger partial charge on any atom is -0.503 e. The topological polar surface area (TPSA) is 61.7 Å². The number of hydrogen-bond donors (Lipinski definition) is 3. The van der Waals surface area contributed by atoms with Gasteiger partial charge in [0.2, 0.25) is 0 Å². The first-order valence-corrected chi connectivity index (χ1v) is 5.77. The number of benzene rings is 1. The second-order valence-electron chi connectivity index (χ2n) is 3.59. The molecule has 0 aliphatic carbocycles. The Morgan fingerprint density at radius 3 is 2.75 bits per heavy atom. The number of phenols is 1. The van der Waals surface area contributed by atoms with Gasteiger partial charge in [0.15, 0.2) is 11.5 Å². The zero-order chi connectivity index (χ0) is 12.1. The van der Waals surface area contributed by atoms with Gasteiger partial charge in [-0.1, -0.05) is 0 Å². The SMILES string of the molecule is COc1cc(CN[C@@H](C)CO)cc(Br)c1O. The van der Waals surface area contributed by atoms with Crippen molar-refractivity contribution in [3.05, 3.63) is 22.2 Å². The summed E-state index contributed by atoms with van der Waals surface area (Å²) in [6.07, 6.45) is 0. The maximum atomic E-state index is 9.61. The van der Waals surface area contributed by atoms with Crippen LogP contribution in [0, 0.1) is 0 Å². The van der Waals surface area contributed by atoms with Crippen LogP contribution in [0.15, 0.2) is 16.6 Å². The Bertz CT molecular complexity index is 357. The third-order valence-electron chi connectivity index (χ3n) is 2.24. The normalized spacial score (nSPS) is 12.5. The minimum atomic E-state index is 0.0403. The third kappa shape index (κ3) is 3.37. The number of aliphatic hydroxyl groups is 1. The number of aromatic hydroxyl groups is 1. The van der Waals surface area contributed by atoms with Gasteiger partial charge in [-0.15, -0.1) is 0 Å². The average Bonchev–Trinajstić information content (AvgIpc) is 2.29. The van der Waals surface area contributed by atoms with Crippen molar-refractivity contribution in [2.45, 2.75) is 19.5 Å². The van der Waals surface area contributed by atoms with Crippen LogP contribution in [0.4, 0.5) is 0 Å². The van der Waals surface area contributed by atoms with Gasteiger partial charge in [-0.2, -0.15) is 0 Å². The maximum Gasteiger partial charge on any atom is 0.172 e. The summed E-state index contributed by atoms with van der Waals surface area (Å²) in [5.74, 6) is 0.532. The number of halogens is 1. The van der Waals surface area contributed by atoms with Gasteiger partial charge in [-0.25, -0.2) is 0 Å². The van der Waals surface area contributed by atoms with Crippen LogP contribution < -0.4 is 10.1 Å². The molecule has 3 N–H and O–H groups in total. The predicted octanol–water partition coefficient (Wildman–Crippen LogP) is 1.63. The molecule has 0 saturated heterocycles. The second kappa shape index (κ2) is 6.08. The molecular weight excluding hydrogens is 274 g/mol. The van der Waals surface area contributed by atoms with E-state index < -0.39 is 0 Å². The Balaban J connectivity index is 2.78. The van der Waals surface area contributed by atoms with Crippen molar-refractivity contribution in [1.29, 1.82) is 0 Å². The Morgan fingerprint density at radius 2 is 2.19 bits per heavy atom. The molecule has 1 rings (SSSR count). The number of hydrogen-bond acceptors (Lipinski definition) is 4. The highest BCUT2D eigenvalue weighted by Crippen LogP contribution is 2.35. The predicted molar refractivity (Wildman–Crippen MR) is 65.7 cm³/mol. The summed E-state index contributed by atoms with van der Waals surface area (Å²) in [5, 5.41) is 21.6. The molecule has 0 aromatic heterocycles. The second-order valence-corrected chi connectivity index (χ2v) is 4.45. The Labute approximate surface area is 103 Å². The summed E-state index contributed by atoms with van der Waals surface area (Å²) in [6.45, 7) is 2.60. The van der Waals surface area contributed by atoms with E-state index in [0.717, 1.165) is 5.56 Å². The number of ether oxygens (including phenoxy) is 1. The zero-order valence-electron chi connectivity index (χ0n) is 9.33. The molecule has 0 saturated carbocycles. The highest BCUT2D eigenvalue weighted by atomic mass is 79.9. The van der Waals surface area contributed by atoms with E-state index >= 15 is 0 Å². The lowest BCUT2D eigenvalue weighted by Gasteiger charge is -2.12. The van der Waals surface area contributed by atoms with Crippen molar-refractivity contribution < 1.29 is 14.9 Å². The molecule has 1 aromatic rings. The maximum absolute atomic E-state index is 9.61. The monoisotopic (exact) mass is 289 g/mol. The van der Waals surface area contributed by atoms with E-state index in [-0.39, 0.29) is 18.4 Å². The van der Waals surface area contributed by atoms with Crippen molar-refractivity contribution >= 4 is 15.9 Å². The van der Waals surface area contributed by atoms with Crippen LogP contribution in [0.2, 0.25) is 0 Å². The van der Waals surface area contributed by atoms with E-state index in [1.807, 2.05) is 13.0 Å². The highest BCUT2D eigenvalue weighted by molar-refractivity contribution is 9.10. The molecule has 16 heavy (non-hydrogen) atoms. The van der Waals surface area contributed by atoms with Gasteiger partial charge in [0, 0.05) is 12.6 Å². The fourth-order valence-corrected chi connectivity index (χ4v) is 1.73. The van der Waals surface area contributed by atoms with Crippen LogP contribution in [0.25, 0.3) is 0 Å². The lowest BCUT2D eigenvalue weighted by Crippen LogP contribution is -2.28. The molecular formula is C11H16BrNO3. The molecule has 0 unspecified atom stereocenters. The van der Waals surface area contributed by atoms with Crippen molar-refractivity contribution in [2.75, 3.05) is 13.7 Å². The lowest BCUT2D eigenvalue weighted by atomic mass is 10.2. The molecule has 90 valence electrons. The lowest BCUT2D eigenvalue weighted by molar-refractivity contribution is 0.251. The van der Waals surface area contributed by atoms with Gasteiger partial charge in [-0.3, -0.25) is 0 Å². The Kier molecular flexibility index (Phi) is 5.05. The molecule has 4 nitrogen and oxygen atoms in total. The number of rotatable bonds is 5. The molecule has 0 bridgehead atoms.